The van der Waals surface area contributed by atoms with Crippen molar-refractivity contribution in [1.82, 2.24) is 10.5 Å². The van der Waals surface area contributed by atoms with Gasteiger partial charge >= 0.3 is 0 Å². The quantitative estimate of drug-likeness (QED) is 0.666. The molecule has 2 N–H and O–H groups in total. The van der Waals surface area contributed by atoms with E-state index < -0.39 is 22.9 Å². The lowest BCUT2D eigenvalue weighted by Crippen LogP contribution is -2.29. The first-order valence-corrected chi connectivity index (χ1v) is 7.47. The van der Waals surface area contributed by atoms with Gasteiger partial charge in [-0.3, -0.25) is 14.3 Å². The SMILES string of the molecule is O=C(CC1c2cccnc2S(=O)N1c1ccccc1)NO. The molecule has 2 atom stereocenters. The highest BCUT2D eigenvalue weighted by Gasteiger charge is 2.38. The van der Waals surface area contributed by atoms with Crippen molar-refractivity contribution in [2.45, 2.75) is 17.5 Å². The first-order chi connectivity index (χ1) is 10.2. The molecule has 1 amide bonds. The summed E-state index contributed by atoms with van der Waals surface area (Å²) in [5, 5.41) is 9.21. The zero-order chi connectivity index (χ0) is 14.8. The third kappa shape index (κ3) is 2.41. The van der Waals surface area contributed by atoms with Gasteiger partial charge in [0.05, 0.1) is 18.2 Å². The van der Waals surface area contributed by atoms with E-state index in [1.54, 1.807) is 28.1 Å². The van der Waals surface area contributed by atoms with Gasteiger partial charge in [-0.15, -0.1) is 0 Å². The highest BCUT2D eigenvalue weighted by Crippen LogP contribution is 2.40. The van der Waals surface area contributed by atoms with Crippen LogP contribution in [0.3, 0.4) is 0 Å². The molecule has 0 radical (unpaired) electrons. The van der Waals surface area contributed by atoms with Crippen LogP contribution in [0.15, 0.2) is 53.7 Å². The maximum absolute atomic E-state index is 12.7. The highest BCUT2D eigenvalue weighted by atomic mass is 32.2. The second-order valence-corrected chi connectivity index (χ2v) is 5.84. The minimum absolute atomic E-state index is 0.00414. The molecule has 0 saturated heterocycles. The Morgan fingerprint density at radius 1 is 1.29 bits per heavy atom. The molecule has 0 bridgehead atoms. The van der Waals surface area contributed by atoms with Gasteiger partial charge in [-0.2, -0.15) is 0 Å². The van der Waals surface area contributed by atoms with Crippen molar-refractivity contribution in [1.29, 1.82) is 0 Å². The van der Waals surface area contributed by atoms with Crippen molar-refractivity contribution in [2.24, 2.45) is 0 Å². The van der Waals surface area contributed by atoms with Crippen LogP contribution < -0.4 is 9.79 Å². The summed E-state index contributed by atoms with van der Waals surface area (Å²) in [6.07, 6.45) is 1.57. The number of para-hydroxylation sites is 1. The summed E-state index contributed by atoms with van der Waals surface area (Å²) in [4.78, 5) is 15.7. The monoisotopic (exact) mass is 303 g/mol. The lowest BCUT2D eigenvalue weighted by molar-refractivity contribution is -0.129. The molecule has 1 aromatic carbocycles. The van der Waals surface area contributed by atoms with Crippen LogP contribution in [-0.2, 0) is 15.8 Å². The van der Waals surface area contributed by atoms with Crippen LogP contribution in [0.4, 0.5) is 5.69 Å². The fourth-order valence-electron chi connectivity index (χ4n) is 2.40. The van der Waals surface area contributed by atoms with Crippen LogP contribution in [0, 0.1) is 0 Å². The summed E-state index contributed by atoms with van der Waals surface area (Å²) in [5.74, 6) is -0.533. The molecule has 0 saturated carbocycles. The number of fused-ring (bicyclic) bond motifs is 1. The Bertz CT molecular complexity index is 693. The van der Waals surface area contributed by atoms with Crippen LogP contribution in [0.1, 0.15) is 18.0 Å². The molecule has 1 aliphatic heterocycles. The predicted octanol–water partition coefficient (Wildman–Crippen LogP) is 1.56. The minimum Gasteiger partial charge on any atom is -0.289 e. The highest BCUT2D eigenvalue weighted by molar-refractivity contribution is 7.86. The number of carbonyl (C=O) groups excluding carboxylic acids is 1. The largest absolute Gasteiger partial charge is 0.289 e. The Hall–Kier alpha value is -2.25. The molecule has 7 heteroatoms. The van der Waals surface area contributed by atoms with Gasteiger partial charge in [0.15, 0.2) is 16.0 Å². The fourth-order valence-corrected chi connectivity index (χ4v) is 3.88. The van der Waals surface area contributed by atoms with Gasteiger partial charge in [0.1, 0.15) is 0 Å². The first kappa shape index (κ1) is 13.7. The molecule has 0 aliphatic carbocycles. The third-order valence-corrected chi connectivity index (χ3v) is 4.80. The van der Waals surface area contributed by atoms with E-state index in [9.17, 15) is 9.00 Å². The summed E-state index contributed by atoms with van der Waals surface area (Å²) in [6.45, 7) is 0. The second-order valence-electron chi connectivity index (χ2n) is 4.56. The minimum atomic E-state index is -1.47. The van der Waals surface area contributed by atoms with Gasteiger partial charge in [0, 0.05) is 11.8 Å². The normalized spacial score (nSPS) is 20.1. The summed E-state index contributed by atoms with van der Waals surface area (Å²) < 4.78 is 14.3. The number of amides is 1. The Balaban J connectivity index is 2.06. The summed E-state index contributed by atoms with van der Waals surface area (Å²) in [6, 6.07) is 12.3. The Morgan fingerprint density at radius 2 is 2.05 bits per heavy atom. The van der Waals surface area contributed by atoms with Crippen molar-refractivity contribution in [2.75, 3.05) is 4.31 Å². The van der Waals surface area contributed by atoms with Gasteiger partial charge in [0.2, 0.25) is 5.91 Å². The molecule has 3 rings (SSSR count). The molecule has 1 aliphatic rings. The fraction of sp³-hybridized carbons (Fsp3) is 0.143. The first-order valence-electron chi connectivity index (χ1n) is 6.36. The number of benzene rings is 1. The smallest absolute Gasteiger partial charge is 0.245 e. The maximum atomic E-state index is 12.7. The number of pyridine rings is 1. The van der Waals surface area contributed by atoms with Crippen LogP contribution in [-0.4, -0.2) is 20.3 Å². The number of hydrogen-bond donors (Lipinski definition) is 2. The number of nitrogens with zero attached hydrogens (tertiary/aromatic N) is 2. The summed E-state index contributed by atoms with van der Waals surface area (Å²) >= 11 is 0. The number of hydrogen-bond acceptors (Lipinski definition) is 4. The van der Waals surface area contributed by atoms with Gasteiger partial charge in [-0.25, -0.2) is 14.7 Å². The summed E-state index contributed by atoms with van der Waals surface area (Å²) in [7, 11) is -1.47. The van der Waals surface area contributed by atoms with E-state index in [-0.39, 0.29) is 6.42 Å². The van der Waals surface area contributed by atoms with Crippen LogP contribution >= 0.6 is 0 Å². The number of rotatable bonds is 3. The third-order valence-electron chi connectivity index (χ3n) is 3.30. The van der Waals surface area contributed by atoms with Gasteiger partial charge in [-0.1, -0.05) is 24.3 Å². The number of hydroxylamine groups is 1. The van der Waals surface area contributed by atoms with Crippen LogP contribution in [0.25, 0.3) is 0 Å². The molecule has 2 heterocycles. The van der Waals surface area contributed by atoms with Crippen LogP contribution in [0.2, 0.25) is 0 Å². The zero-order valence-electron chi connectivity index (χ0n) is 11.0. The van der Waals surface area contributed by atoms with Crippen LogP contribution in [0.5, 0.6) is 0 Å². The van der Waals surface area contributed by atoms with Crippen molar-refractivity contribution < 1.29 is 14.2 Å². The van der Waals surface area contributed by atoms with E-state index in [4.69, 9.17) is 5.21 Å². The number of nitrogens with one attached hydrogen (secondary N) is 1. The number of carbonyl (C=O) groups is 1. The van der Waals surface area contributed by atoms with Crippen molar-refractivity contribution in [3.05, 3.63) is 54.2 Å². The molecule has 6 nitrogen and oxygen atoms in total. The average molecular weight is 303 g/mol. The lowest BCUT2D eigenvalue weighted by atomic mass is 10.1. The average Bonchev–Trinajstić information content (AvgIpc) is 2.81. The van der Waals surface area contributed by atoms with E-state index >= 15 is 0 Å². The Labute approximate surface area is 124 Å². The molecular weight excluding hydrogens is 290 g/mol. The molecule has 21 heavy (non-hydrogen) atoms. The van der Waals surface area contributed by atoms with E-state index in [1.807, 2.05) is 30.3 Å². The van der Waals surface area contributed by atoms with E-state index in [1.165, 1.54) is 0 Å². The maximum Gasteiger partial charge on any atom is 0.245 e. The molecule has 2 unspecified atom stereocenters. The zero-order valence-corrected chi connectivity index (χ0v) is 11.8. The van der Waals surface area contributed by atoms with Crippen molar-refractivity contribution >= 4 is 22.6 Å². The van der Waals surface area contributed by atoms with E-state index in [0.29, 0.717) is 5.03 Å². The topological polar surface area (TPSA) is 82.5 Å². The molecule has 0 spiro atoms. The van der Waals surface area contributed by atoms with Crippen molar-refractivity contribution in [3.63, 3.8) is 0 Å². The molecule has 1 aromatic heterocycles. The van der Waals surface area contributed by atoms with Gasteiger partial charge in [-0.05, 0) is 18.2 Å². The number of aromatic nitrogens is 1. The van der Waals surface area contributed by atoms with Gasteiger partial charge in [0.25, 0.3) is 0 Å². The Morgan fingerprint density at radius 3 is 2.76 bits per heavy atom. The van der Waals surface area contributed by atoms with Gasteiger partial charge < -0.3 is 0 Å². The molecular formula is C14H13N3O3S. The molecule has 2 aromatic rings. The Kier molecular flexibility index (Phi) is 3.68. The standard InChI is InChI=1S/C14H13N3O3S/c18-13(16-19)9-12-11-7-4-8-15-14(11)21(20)17(12)10-5-2-1-3-6-10/h1-8,12,19H,9H2,(H,16,18). The summed E-state index contributed by atoms with van der Waals surface area (Å²) in [5.41, 5.74) is 3.10. The van der Waals surface area contributed by atoms with E-state index in [2.05, 4.69) is 4.98 Å². The lowest BCUT2D eigenvalue weighted by Gasteiger charge is -2.24. The molecule has 0 fully saturated rings. The van der Waals surface area contributed by atoms with Crippen molar-refractivity contribution in [3.8, 4) is 0 Å². The van der Waals surface area contributed by atoms with E-state index in [0.717, 1.165) is 11.3 Å². The predicted molar refractivity (Wildman–Crippen MR) is 76.9 cm³/mol. The molecule has 108 valence electrons. The number of anilines is 1. The second kappa shape index (κ2) is 5.63.